The number of fused-ring (bicyclic) bond motifs is 2. The number of carbonyl (C=O) groups is 1. The van der Waals surface area contributed by atoms with Crippen LogP contribution in [0.5, 0.6) is 11.5 Å². The number of aliphatic hydroxyl groups excluding tert-OH is 2. The highest BCUT2D eigenvalue weighted by Gasteiger charge is 2.65. The molecule has 1 heterocycles. The van der Waals surface area contributed by atoms with Gasteiger partial charge in [0.05, 0.1) is 29.8 Å². The van der Waals surface area contributed by atoms with Gasteiger partial charge in [0.15, 0.2) is 0 Å². The quantitative estimate of drug-likeness (QED) is 0.0164. The van der Waals surface area contributed by atoms with E-state index >= 15 is 0 Å². The summed E-state index contributed by atoms with van der Waals surface area (Å²) < 4.78 is 21.0. The molecule has 2 aliphatic carbocycles. The van der Waals surface area contributed by atoms with Gasteiger partial charge in [0, 0.05) is 66.5 Å². The maximum absolute atomic E-state index is 14.8. The first-order valence-electron chi connectivity index (χ1n) is 23.6. The lowest BCUT2D eigenvalue weighted by atomic mass is 9.55. The second-order valence-electron chi connectivity index (χ2n) is 17.3. The summed E-state index contributed by atoms with van der Waals surface area (Å²) in [6, 6.07) is 31.5. The highest BCUT2D eigenvalue weighted by atomic mass is 32.2. The lowest BCUT2D eigenvalue weighted by Crippen LogP contribution is -2.70. The third kappa shape index (κ3) is 12.1. The Morgan fingerprint density at radius 1 is 0.985 bits per heavy atom. The van der Waals surface area contributed by atoms with E-state index < -0.39 is 22.7 Å². The number of non-ortho nitro benzene ring substituents is 1. The minimum atomic E-state index is -1.41. The molecule has 0 spiro atoms. The molecule has 354 valence electrons. The van der Waals surface area contributed by atoms with Crippen LogP contribution in [0.2, 0.25) is 0 Å². The van der Waals surface area contributed by atoms with Gasteiger partial charge in [0.25, 0.3) is 5.69 Å². The highest BCUT2D eigenvalue weighted by molar-refractivity contribution is 7.99. The molecule has 1 aliphatic heterocycles. The number of nitro benzene ring substituents is 1. The lowest BCUT2D eigenvalue weighted by Gasteiger charge is -2.60. The molecule has 1 amide bonds. The predicted molar refractivity (Wildman–Crippen MR) is 263 cm³/mol. The summed E-state index contributed by atoms with van der Waals surface area (Å²) in [7, 11) is 0. The van der Waals surface area contributed by atoms with Gasteiger partial charge in [0.1, 0.15) is 24.1 Å². The molecule has 3 aliphatic rings. The molecule has 4 aromatic rings. The van der Waals surface area contributed by atoms with Gasteiger partial charge in [-0.2, -0.15) is 0 Å². The third-order valence-corrected chi connectivity index (χ3v) is 13.9. The molecule has 7 rings (SSSR count). The number of thioether (sulfide) groups is 1. The average Bonchev–Trinajstić information content (AvgIpc) is 3.35. The number of benzene rings is 4. The summed E-state index contributed by atoms with van der Waals surface area (Å²) in [6.45, 7) is 7.52. The average molecular weight is 930 g/mol. The van der Waals surface area contributed by atoms with Crippen LogP contribution in [0.25, 0.3) is 6.08 Å². The maximum Gasteiger partial charge on any atom is 0.269 e. The van der Waals surface area contributed by atoms with Gasteiger partial charge in [0.2, 0.25) is 11.7 Å². The van der Waals surface area contributed by atoms with Crippen LogP contribution in [0, 0.1) is 27.9 Å². The molecule has 0 bridgehead atoms. The van der Waals surface area contributed by atoms with Crippen molar-refractivity contribution in [3.05, 3.63) is 160 Å². The largest absolute Gasteiger partial charge is 0.493 e. The normalized spacial score (nSPS) is 22.3. The fourth-order valence-corrected chi connectivity index (χ4v) is 10.7. The van der Waals surface area contributed by atoms with Crippen molar-refractivity contribution in [2.75, 3.05) is 38.7 Å². The lowest BCUT2D eigenvalue weighted by molar-refractivity contribution is -0.384. The SMILES string of the molecule is C=CCOC12Oc3ccc(OCCSc4ccccc4)cc3C3C(CCCCO)C(CCCCO)C=C(C(=NOCc4ccccc4)CC1N(CCC)C(=O)C=Cc1ccc([N+](=O)[O-])cc1)C32. The fourth-order valence-electron chi connectivity index (χ4n) is 9.96. The molecule has 0 saturated heterocycles. The van der Waals surface area contributed by atoms with Crippen LogP contribution in [-0.2, 0) is 21.0 Å². The number of ether oxygens (including phenoxy) is 3. The zero-order chi connectivity index (χ0) is 47.0. The Labute approximate surface area is 398 Å². The second kappa shape index (κ2) is 24.3. The van der Waals surface area contributed by atoms with Gasteiger partial charge in [-0.05, 0) is 109 Å². The van der Waals surface area contributed by atoms with Crippen LogP contribution in [0.3, 0.4) is 0 Å². The number of aliphatic hydroxyl groups is 2. The number of amides is 1. The Kier molecular flexibility index (Phi) is 17.9. The van der Waals surface area contributed by atoms with Gasteiger partial charge in [-0.1, -0.05) is 85.6 Å². The van der Waals surface area contributed by atoms with E-state index in [0.717, 1.165) is 53.9 Å². The Morgan fingerprint density at radius 2 is 1.72 bits per heavy atom. The number of nitro groups is 1. The van der Waals surface area contributed by atoms with Gasteiger partial charge in [-0.3, -0.25) is 14.9 Å². The Bertz CT molecular complexity index is 2340. The van der Waals surface area contributed by atoms with Gasteiger partial charge < -0.3 is 34.2 Å². The number of carbonyl (C=O) groups excluding carboxylic acids is 1. The molecule has 1 fully saturated rings. The topological polar surface area (TPSA) is 153 Å². The molecule has 13 heteroatoms. The van der Waals surface area contributed by atoms with Crippen molar-refractivity contribution in [1.82, 2.24) is 4.90 Å². The van der Waals surface area contributed by atoms with Crippen molar-refractivity contribution in [2.24, 2.45) is 22.9 Å². The second-order valence-corrected chi connectivity index (χ2v) is 18.4. The summed E-state index contributed by atoms with van der Waals surface area (Å²) in [5.41, 5.74) is 4.22. The number of rotatable bonds is 25. The molecule has 12 nitrogen and oxygen atoms in total. The standard InChI is InChI=1S/C54H63N3O9S/c1-3-29-56(51(60)28-23-39-21-24-42(25-22-39)57(61)62)50-37-48(55-65-38-40-15-7-5-8-16-40)46-35-41(17-11-13-30-58)45(20-12-14-31-59)52-47-36-43(63-33-34-67-44-18-9-6-10-19-44)26-27-49(47)66-54(50,53(46)52)64-32-4-2/h4-10,15-16,18-19,21-28,35-36,41,45,50,52-53,58-59H,2-3,11-14,17,20,29-34,37-38H2,1H3. The van der Waals surface area contributed by atoms with Crippen LogP contribution in [0.1, 0.15) is 80.9 Å². The summed E-state index contributed by atoms with van der Waals surface area (Å²) >= 11 is 1.74. The monoisotopic (exact) mass is 929 g/mol. The van der Waals surface area contributed by atoms with Crippen LogP contribution in [-0.4, -0.2) is 82.2 Å². The van der Waals surface area contributed by atoms with Crippen LogP contribution < -0.4 is 9.47 Å². The zero-order valence-corrected chi connectivity index (χ0v) is 39.1. The number of unbranched alkanes of at least 4 members (excludes halogenated alkanes) is 2. The van der Waals surface area contributed by atoms with E-state index in [1.165, 1.54) is 23.1 Å². The summed E-state index contributed by atoms with van der Waals surface area (Å²) in [6.07, 6.45) is 12.7. The molecule has 0 aromatic heterocycles. The van der Waals surface area contributed by atoms with E-state index in [2.05, 4.69) is 30.9 Å². The molecular weight excluding hydrogens is 867 g/mol. The Morgan fingerprint density at radius 3 is 2.42 bits per heavy atom. The number of oxime groups is 1. The van der Waals surface area contributed by atoms with Crippen molar-refractivity contribution in [2.45, 2.75) is 87.5 Å². The summed E-state index contributed by atoms with van der Waals surface area (Å²) in [4.78, 5) is 35.0. The van der Waals surface area contributed by atoms with E-state index in [-0.39, 0.29) is 62.2 Å². The number of hydrogen-bond donors (Lipinski definition) is 2. The predicted octanol–water partition coefficient (Wildman–Crippen LogP) is 10.6. The first-order valence-corrected chi connectivity index (χ1v) is 24.6. The minimum absolute atomic E-state index is 0.0347. The van der Waals surface area contributed by atoms with Crippen molar-refractivity contribution in [3.63, 3.8) is 0 Å². The van der Waals surface area contributed by atoms with E-state index in [0.29, 0.717) is 49.4 Å². The van der Waals surface area contributed by atoms with E-state index in [1.807, 2.05) is 72.5 Å². The number of allylic oxidation sites excluding steroid dienone is 1. The smallest absolute Gasteiger partial charge is 0.269 e. The van der Waals surface area contributed by atoms with Gasteiger partial charge >= 0.3 is 0 Å². The minimum Gasteiger partial charge on any atom is -0.493 e. The molecule has 4 aromatic carbocycles. The Balaban J connectivity index is 1.36. The zero-order valence-electron chi connectivity index (χ0n) is 38.3. The molecule has 2 N–H and O–H groups in total. The van der Waals surface area contributed by atoms with Crippen LogP contribution >= 0.6 is 11.8 Å². The van der Waals surface area contributed by atoms with E-state index in [4.69, 9.17) is 24.2 Å². The molecular formula is C54H63N3O9S. The number of hydrogen-bond acceptors (Lipinski definition) is 11. The molecule has 6 atom stereocenters. The molecule has 0 radical (unpaired) electrons. The molecule has 6 unspecified atom stereocenters. The van der Waals surface area contributed by atoms with Gasteiger partial charge in [-0.15, -0.1) is 18.3 Å². The van der Waals surface area contributed by atoms with Crippen LogP contribution in [0.4, 0.5) is 5.69 Å². The van der Waals surface area contributed by atoms with Crippen LogP contribution in [0.15, 0.2) is 144 Å². The van der Waals surface area contributed by atoms with E-state index in [1.54, 1.807) is 36.0 Å². The molecule has 1 saturated carbocycles. The highest BCUT2D eigenvalue weighted by Crippen LogP contribution is 2.62. The van der Waals surface area contributed by atoms with Crippen molar-refractivity contribution >= 4 is 35.1 Å². The fraction of sp³-hybridized carbons (Fsp3) is 0.407. The van der Waals surface area contributed by atoms with Gasteiger partial charge in [-0.25, -0.2) is 0 Å². The van der Waals surface area contributed by atoms with Crippen molar-refractivity contribution in [1.29, 1.82) is 0 Å². The summed E-state index contributed by atoms with van der Waals surface area (Å²) in [5, 5.41) is 36.3. The maximum atomic E-state index is 14.8. The Hall–Kier alpha value is -5.73. The third-order valence-electron chi connectivity index (χ3n) is 12.9. The van der Waals surface area contributed by atoms with E-state index in [9.17, 15) is 25.1 Å². The summed E-state index contributed by atoms with van der Waals surface area (Å²) in [5.74, 6) is -0.0999. The van der Waals surface area contributed by atoms with Crippen molar-refractivity contribution in [3.8, 4) is 11.5 Å². The number of nitrogens with zero attached hydrogens (tertiary/aromatic N) is 3. The van der Waals surface area contributed by atoms with Crippen molar-refractivity contribution < 1.29 is 39.0 Å². The first kappa shape index (κ1) is 49.2. The first-order chi connectivity index (χ1) is 32.8. The molecule has 67 heavy (non-hydrogen) atoms.